The molecule has 4 aromatic heterocycles. The summed E-state index contributed by atoms with van der Waals surface area (Å²) in [5, 5.41) is 42.4. The van der Waals surface area contributed by atoms with Crippen LogP contribution in [0.5, 0.6) is 0 Å². The van der Waals surface area contributed by atoms with Crippen molar-refractivity contribution >= 4 is 57.7 Å². The summed E-state index contributed by atoms with van der Waals surface area (Å²) in [7, 11) is 0. The Balaban J connectivity index is 0.000000184. The van der Waals surface area contributed by atoms with E-state index in [-0.39, 0.29) is 49.2 Å². The quantitative estimate of drug-likeness (QED) is 0.0570. The number of carbonyl (C=O) groups is 2. The summed E-state index contributed by atoms with van der Waals surface area (Å²) in [5.74, 6) is -0.396. The highest BCUT2D eigenvalue weighted by Crippen LogP contribution is 2.32. The van der Waals surface area contributed by atoms with E-state index in [1.54, 1.807) is 35.6 Å². The topological polar surface area (TPSA) is 193 Å². The number of aliphatic hydroxyl groups is 2. The molecule has 0 bridgehead atoms. The second kappa shape index (κ2) is 21.1. The molecule has 13 nitrogen and oxygen atoms in total. The van der Waals surface area contributed by atoms with Crippen molar-refractivity contribution in [2.75, 3.05) is 19.7 Å². The van der Waals surface area contributed by atoms with Gasteiger partial charge in [0.25, 0.3) is 11.8 Å². The van der Waals surface area contributed by atoms with E-state index in [9.17, 15) is 19.8 Å². The number of carbonyl (C=O) groups excluding carboxylic acids is 2. The number of nitrogens with one attached hydrogen (secondary N) is 6. The third kappa shape index (κ3) is 11.3. The number of rotatable bonds is 13. The number of H-pyrrole nitrogens is 2. The average Bonchev–Trinajstić information content (AvgIpc) is 4.11. The van der Waals surface area contributed by atoms with E-state index in [1.165, 1.54) is 11.3 Å². The predicted octanol–water partition coefficient (Wildman–Crippen LogP) is 7.85. The number of aryl methyl sites for hydroxylation is 2. The lowest BCUT2D eigenvalue weighted by molar-refractivity contribution is 0.0910. The van der Waals surface area contributed by atoms with Gasteiger partial charge in [-0.2, -0.15) is 5.10 Å². The summed E-state index contributed by atoms with van der Waals surface area (Å²) in [6.07, 6.45) is 7.02. The fraction of sp³-hybridized carbons (Fsp3) is 0.386. The van der Waals surface area contributed by atoms with Gasteiger partial charge < -0.3 is 36.5 Å². The number of hydrogen-bond donors (Lipinski definition) is 8. The number of nitrogens with zero attached hydrogens (tertiary/aromatic N) is 3. The number of benzene rings is 2. The Bertz CT molecular complexity index is 2370. The highest BCUT2D eigenvalue weighted by molar-refractivity contribution is 7.12. The number of piperidine rings is 2. The van der Waals surface area contributed by atoms with Crippen LogP contribution in [0, 0.1) is 13.8 Å². The van der Waals surface area contributed by atoms with Gasteiger partial charge in [0, 0.05) is 51.3 Å². The molecule has 2 saturated heterocycles. The van der Waals surface area contributed by atoms with Crippen molar-refractivity contribution in [1.29, 1.82) is 0 Å². The van der Waals surface area contributed by atoms with Crippen LogP contribution in [0.15, 0.2) is 66.7 Å². The minimum absolute atomic E-state index is 0.0384. The van der Waals surface area contributed by atoms with Gasteiger partial charge in [0.1, 0.15) is 21.4 Å². The number of aliphatic hydroxyl groups excluding tert-OH is 2. The summed E-state index contributed by atoms with van der Waals surface area (Å²) in [4.78, 5) is 40.6. The van der Waals surface area contributed by atoms with E-state index in [2.05, 4.69) is 41.4 Å². The molecule has 322 valence electrons. The van der Waals surface area contributed by atoms with E-state index < -0.39 is 0 Å². The van der Waals surface area contributed by atoms with E-state index in [0.717, 1.165) is 99.6 Å². The number of amides is 2. The third-order valence-electron chi connectivity index (χ3n) is 11.0. The van der Waals surface area contributed by atoms with E-state index >= 15 is 0 Å². The molecule has 17 heteroatoms. The van der Waals surface area contributed by atoms with Crippen LogP contribution in [-0.2, 0) is 13.0 Å². The molecule has 8 rings (SSSR count). The van der Waals surface area contributed by atoms with Crippen molar-refractivity contribution in [3.05, 3.63) is 119 Å². The summed E-state index contributed by atoms with van der Waals surface area (Å²) in [6.45, 7) is 5.74. The molecule has 61 heavy (non-hydrogen) atoms. The Morgan fingerprint density at radius 1 is 0.738 bits per heavy atom. The number of aromatic amines is 2. The van der Waals surface area contributed by atoms with Crippen molar-refractivity contribution in [2.24, 2.45) is 0 Å². The van der Waals surface area contributed by atoms with Crippen LogP contribution < -0.4 is 21.3 Å². The van der Waals surface area contributed by atoms with Gasteiger partial charge in [0.15, 0.2) is 0 Å². The van der Waals surface area contributed by atoms with Gasteiger partial charge in [-0.15, -0.1) is 22.7 Å². The molecule has 0 spiro atoms. The second-order valence-corrected chi connectivity index (χ2v) is 18.3. The molecule has 2 aromatic carbocycles. The number of halogens is 2. The Morgan fingerprint density at radius 3 is 1.80 bits per heavy atom. The van der Waals surface area contributed by atoms with Crippen LogP contribution >= 0.6 is 45.9 Å². The van der Waals surface area contributed by atoms with Gasteiger partial charge in [0.2, 0.25) is 0 Å². The number of thiazole rings is 2. The van der Waals surface area contributed by atoms with Crippen LogP contribution in [0.3, 0.4) is 0 Å². The highest BCUT2D eigenvalue weighted by atomic mass is 35.5. The summed E-state index contributed by atoms with van der Waals surface area (Å²) in [6, 6.07) is 20.0. The molecule has 0 radical (unpaired) electrons. The molecule has 6 aromatic rings. The standard InChI is InChI=1S/C22H26ClN5O2S.C22H25ClN4O2S/c1-13-19(9-11-29)31-22(25-13)20(16-4-2-3-10-24-16)26-21(30)18-12-17(27-28-18)14-5-7-15(23)8-6-14;1-13-19(12-28)30-22(25-13)20(17-4-2-3-11-24-17)27-21(29)18-10-9-16(26-18)14-5-7-15(23)8-6-14/h5-8,12,16,20,24,29H,2-4,9-11H2,1H3,(H,26,30)(H,27,28);5-10,17,20,24,26,28H,2-4,11-12H2,1H3,(H,27,29). The maximum atomic E-state index is 13.1. The fourth-order valence-corrected chi connectivity index (χ4v) is 10.1. The summed E-state index contributed by atoms with van der Waals surface area (Å²) in [5.41, 5.74) is 6.02. The van der Waals surface area contributed by atoms with Crippen LogP contribution in [0.25, 0.3) is 22.5 Å². The van der Waals surface area contributed by atoms with Crippen molar-refractivity contribution in [3.8, 4) is 22.5 Å². The normalized spacial score (nSPS) is 17.5. The molecule has 8 N–H and O–H groups in total. The highest BCUT2D eigenvalue weighted by Gasteiger charge is 2.32. The van der Waals surface area contributed by atoms with E-state index in [4.69, 9.17) is 28.2 Å². The smallest absolute Gasteiger partial charge is 0.269 e. The SMILES string of the molecule is Cc1nc(C(NC(=O)c2cc(-c3ccc(Cl)cc3)n[nH]2)C2CCCCN2)sc1CCO.Cc1nc(C(NC(=O)c2ccc(-c3ccc(Cl)cc3)[nH]2)C2CCCCN2)sc1CO. The molecule has 4 atom stereocenters. The molecule has 0 saturated carbocycles. The van der Waals surface area contributed by atoms with Crippen molar-refractivity contribution in [1.82, 2.24) is 46.4 Å². The zero-order valence-electron chi connectivity index (χ0n) is 34.1. The summed E-state index contributed by atoms with van der Waals surface area (Å²) < 4.78 is 0. The average molecular weight is 905 g/mol. The van der Waals surface area contributed by atoms with Crippen LogP contribution in [0.2, 0.25) is 10.0 Å². The van der Waals surface area contributed by atoms with Gasteiger partial charge in [-0.1, -0.05) is 60.3 Å². The molecule has 2 aliphatic rings. The van der Waals surface area contributed by atoms with Gasteiger partial charge in [-0.3, -0.25) is 14.7 Å². The Kier molecular flexibility index (Phi) is 15.4. The van der Waals surface area contributed by atoms with Crippen LogP contribution in [-0.4, -0.2) is 79.0 Å². The van der Waals surface area contributed by atoms with Crippen LogP contribution in [0.1, 0.15) is 103 Å². The Labute approximate surface area is 373 Å². The molecular weight excluding hydrogens is 854 g/mol. The summed E-state index contributed by atoms with van der Waals surface area (Å²) >= 11 is 15.0. The predicted molar refractivity (Wildman–Crippen MR) is 242 cm³/mol. The lowest BCUT2D eigenvalue weighted by Crippen LogP contribution is -2.46. The van der Waals surface area contributed by atoms with Gasteiger partial charge >= 0.3 is 0 Å². The first-order chi connectivity index (χ1) is 29.6. The van der Waals surface area contributed by atoms with Gasteiger partial charge in [0.05, 0.1) is 40.6 Å². The first-order valence-electron chi connectivity index (χ1n) is 20.6. The van der Waals surface area contributed by atoms with Crippen LogP contribution in [0.4, 0.5) is 0 Å². The third-order valence-corrected chi connectivity index (χ3v) is 14.0. The molecule has 2 fully saturated rings. The maximum absolute atomic E-state index is 13.1. The Hall–Kier alpha value is -4.45. The van der Waals surface area contributed by atoms with Crippen molar-refractivity contribution in [2.45, 2.75) is 89.6 Å². The largest absolute Gasteiger partial charge is 0.396 e. The zero-order valence-corrected chi connectivity index (χ0v) is 37.2. The van der Waals surface area contributed by atoms with E-state index in [1.807, 2.05) is 56.3 Å². The lowest BCUT2D eigenvalue weighted by atomic mass is 9.98. The molecule has 2 aliphatic heterocycles. The minimum atomic E-state index is -0.246. The van der Waals surface area contributed by atoms with E-state index in [0.29, 0.717) is 33.5 Å². The molecule has 6 heterocycles. The monoisotopic (exact) mass is 903 g/mol. The molecule has 0 aliphatic carbocycles. The first kappa shape index (κ1) is 44.6. The van der Waals surface area contributed by atoms with Gasteiger partial charge in [-0.05, 0) is 101 Å². The second-order valence-electron chi connectivity index (χ2n) is 15.2. The number of hydrogen-bond acceptors (Lipinski definition) is 11. The molecular formula is C44H51Cl2N9O4S2. The molecule has 2 amide bonds. The molecule has 4 unspecified atom stereocenters. The van der Waals surface area contributed by atoms with Crippen molar-refractivity contribution < 1.29 is 19.8 Å². The van der Waals surface area contributed by atoms with Crippen molar-refractivity contribution in [3.63, 3.8) is 0 Å². The fourth-order valence-electron chi connectivity index (χ4n) is 7.61. The van der Waals surface area contributed by atoms with Gasteiger partial charge in [-0.25, -0.2) is 9.97 Å². The Morgan fingerprint density at radius 2 is 1.28 bits per heavy atom. The number of aromatic nitrogens is 5. The zero-order chi connectivity index (χ0) is 42.9. The minimum Gasteiger partial charge on any atom is -0.396 e. The lowest BCUT2D eigenvalue weighted by Gasteiger charge is -2.30. The maximum Gasteiger partial charge on any atom is 0.269 e. The first-order valence-corrected chi connectivity index (χ1v) is 23.0.